The van der Waals surface area contributed by atoms with Crippen LogP contribution in [0.15, 0.2) is 24.3 Å². The van der Waals surface area contributed by atoms with Crippen molar-refractivity contribution in [2.75, 3.05) is 6.54 Å². The number of benzene rings is 1. The number of rotatable bonds is 2. The highest BCUT2D eigenvalue weighted by molar-refractivity contribution is 6.35. The number of hydrogen-bond donors (Lipinski definition) is 1. The minimum atomic E-state index is 0.360. The van der Waals surface area contributed by atoms with Crippen LogP contribution in [0.4, 0.5) is 0 Å². The molecule has 0 aliphatic rings. The van der Waals surface area contributed by atoms with Crippen molar-refractivity contribution in [2.45, 2.75) is 12.8 Å². The number of halogens is 1. The van der Waals surface area contributed by atoms with E-state index in [-0.39, 0.29) is 0 Å². The summed E-state index contributed by atoms with van der Waals surface area (Å²) >= 11 is 6.17. The van der Waals surface area contributed by atoms with E-state index < -0.39 is 0 Å². The number of fused-ring (bicyclic) bond motifs is 1. The number of aromatic nitrogens is 1. The van der Waals surface area contributed by atoms with E-state index in [4.69, 9.17) is 17.3 Å². The Morgan fingerprint density at radius 3 is 2.80 bits per heavy atom. The minimum absolute atomic E-state index is 0.360. The quantitative estimate of drug-likeness (QED) is 0.833. The summed E-state index contributed by atoms with van der Waals surface area (Å²) in [5.74, 6) is 0.360. The fraction of sp³-hybridized carbons (Fsp3) is 0.333. The summed E-state index contributed by atoms with van der Waals surface area (Å²) in [7, 11) is 2.04. The first kappa shape index (κ1) is 10.5. The summed E-state index contributed by atoms with van der Waals surface area (Å²) in [6, 6.07) is 8.13. The van der Waals surface area contributed by atoms with E-state index in [1.165, 1.54) is 11.1 Å². The predicted octanol–water partition coefficient (Wildman–Crippen LogP) is 2.89. The number of hydrogen-bond acceptors (Lipinski definition) is 1. The van der Waals surface area contributed by atoms with E-state index in [1.807, 2.05) is 19.2 Å². The first-order chi connectivity index (χ1) is 7.15. The second-order valence-electron chi connectivity index (χ2n) is 3.94. The maximum absolute atomic E-state index is 6.17. The molecule has 0 saturated carbocycles. The molecule has 0 saturated heterocycles. The molecule has 1 atom stereocenters. The van der Waals surface area contributed by atoms with Crippen molar-refractivity contribution in [1.29, 1.82) is 0 Å². The molecule has 1 aromatic carbocycles. The van der Waals surface area contributed by atoms with Crippen LogP contribution in [0.5, 0.6) is 0 Å². The van der Waals surface area contributed by atoms with Crippen molar-refractivity contribution in [1.82, 2.24) is 4.57 Å². The van der Waals surface area contributed by atoms with Crippen molar-refractivity contribution in [3.05, 3.63) is 35.0 Å². The molecule has 2 rings (SSSR count). The van der Waals surface area contributed by atoms with Gasteiger partial charge in [0, 0.05) is 30.6 Å². The van der Waals surface area contributed by atoms with E-state index in [1.54, 1.807) is 0 Å². The van der Waals surface area contributed by atoms with Gasteiger partial charge in [-0.25, -0.2) is 0 Å². The van der Waals surface area contributed by atoms with Crippen LogP contribution in [-0.4, -0.2) is 11.1 Å². The topological polar surface area (TPSA) is 30.9 Å². The molecule has 0 amide bonds. The van der Waals surface area contributed by atoms with Crippen molar-refractivity contribution < 1.29 is 0 Å². The molecule has 0 radical (unpaired) electrons. The zero-order valence-electron chi connectivity index (χ0n) is 9.00. The fourth-order valence-electron chi connectivity index (χ4n) is 1.98. The smallest absolute Gasteiger partial charge is 0.0669 e. The third-order valence-corrected chi connectivity index (χ3v) is 3.21. The number of nitrogens with zero attached hydrogens (tertiary/aromatic N) is 1. The van der Waals surface area contributed by atoms with Crippen LogP contribution >= 0.6 is 11.6 Å². The van der Waals surface area contributed by atoms with E-state index in [9.17, 15) is 0 Å². The van der Waals surface area contributed by atoms with Gasteiger partial charge in [0.15, 0.2) is 0 Å². The molecule has 2 aromatic rings. The van der Waals surface area contributed by atoms with Crippen molar-refractivity contribution in [3.8, 4) is 0 Å². The Bertz CT molecular complexity index is 488. The molecular weight excluding hydrogens is 208 g/mol. The van der Waals surface area contributed by atoms with E-state index in [0.717, 1.165) is 10.5 Å². The summed E-state index contributed by atoms with van der Waals surface area (Å²) in [4.78, 5) is 0. The van der Waals surface area contributed by atoms with Gasteiger partial charge in [-0.2, -0.15) is 0 Å². The molecule has 0 aliphatic heterocycles. The van der Waals surface area contributed by atoms with Gasteiger partial charge in [-0.3, -0.25) is 0 Å². The summed E-state index contributed by atoms with van der Waals surface area (Å²) < 4.78 is 2.13. The SMILES string of the molecule is CC(CN)c1cc2cccc(Cl)c2n1C. The van der Waals surface area contributed by atoms with Gasteiger partial charge in [0.25, 0.3) is 0 Å². The molecule has 3 heteroatoms. The molecule has 1 aromatic heterocycles. The molecule has 2 N–H and O–H groups in total. The van der Waals surface area contributed by atoms with Gasteiger partial charge in [0.05, 0.1) is 10.5 Å². The molecule has 0 fully saturated rings. The lowest BCUT2D eigenvalue weighted by molar-refractivity contribution is 0.703. The fourth-order valence-corrected chi connectivity index (χ4v) is 2.29. The standard InChI is InChI=1S/C12H15ClN2/c1-8(7-14)11-6-9-4-3-5-10(13)12(9)15(11)2/h3-6,8H,7,14H2,1-2H3. The highest BCUT2D eigenvalue weighted by atomic mass is 35.5. The molecule has 80 valence electrons. The summed E-state index contributed by atoms with van der Waals surface area (Å²) in [6.07, 6.45) is 0. The van der Waals surface area contributed by atoms with Gasteiger partial charge in [-0.1, -0.05) is 30.7 Å². The monoisotopic (exact) mass is 222 g/mol. The van der Waals surface area contributed by atoms with Crippen LogP contribution in [-0.2, 0) is 7.05 Å². The van der Waals surface area contributed by atoms with Crippen molar-refractivity contribution in [2.24, 2.45) is 12.8 Å². The Labute approximate surface area is 94.6 Å². The lowest BCUT2D eigenvalue weighted by Crippen LogP contribution is -2.12. The zero-order valence-corrected chi connectivity index (χ0v) is 9.75. The van der Waals surface area contributed by atoms with E-state index >= 15 is 0 Å². The Morgan fingerprint density at radius 1 is 1.47 bits per heavy atom. The predicted molar refractivity (Wildman–Crippen MR) is 65.4 cm³/mol. The molecule has 0 spiro atoms. The lowest BCUT2D eigenvalue weighted by atomic mass is 10.1. The van der Waals surface area contributed by atoms with Crippen LogP contribution in [0.1, 0.15) is 18.5 Å². The number of aryl methyl sites for hydroxylation is 1. The molecule has 1 unspecified atom stereocenters. The first-order valence-electron chi connectivity index (χ1n) is 5.09. The Morgan fingerprint density at radius 2 is 2.20 bits per heavy atom. The maximum Gasteiger partial charge on any atom is 0.0669 e. The highest BCUT2D eigenvalue weighted by Gasteiger charge is 2.12. The average Bonchev–Trinajstić information content (AvgIpc) is 2.56. The van der Waals surface area contributed by atoms with Gasteiger partial charge in [0.2, 0.25) is 0 Å². The molecule has 1 heterocycles. The van der Waals surface area contributed by atoms with E-state index in [2.05, 4.69) is 23.6 Å². The van der Waals surface area contributed by atoms with Crippen molar-refractivity contribution in [3.63, 3.8) is 0 Å². The number of para-hydroxylation sites is 1. The molecule has 0 aliphatic carbocycles. The van der Waals surface area contributed by atoms with Gasteiger partial charge in [-0.15, -0.1) is 0 Å². The van der Waals surface area contributed by atoms with Crippen LogP contribution in [0.3, 0.4) is 0 Å². The van der Waals surface area contributed by atoms with Crippen LogP contribution in [0.2, 0.25) is 5.02 Å². The third kappa shape index (κ3) is 1.64. The van der Waals surface area contributed by atoms with E-state index in [0.29, 0.717) is 12.5 Å². The van der Waals surface area contributed by atoms with Gasteiger partial charge >= 0.3 is 0 Å². The zero-order chi connectivity index (χ0) is 11.0. The largest absolute Gasteiger partial charge is 0.346 e. The van der Waals surface area contributed by atoms with Crippen LogP contribution in [0.25, 0.3) is 10.9 Å². The van der Waals surface area contributed by atoms with Crippen LogP contribution < -0.4 is 5.73 Å². The molecule has 2 nitrogen and oxygen atoms in total. The third-order valence-electron chi connectivity index (χ3n) is 2.90. The lowest BCUT2D eigenvalue weighted by Gasteiger charge is -2.10. The summed E-state index contributed by atoms with van der Waals surface area (Å²) in [6.45, 7) is 2.78. The molecule has 0 bridgehead atoms. The first-order valence-corrected chi connectivity index (χ1v) is 5.47. The normalized spacial score (nSPS) is 13.3. The van der Waals surface area contributed by atoms with Crippen molar-refractivity contribution >= 4 is 22.5 Å². The average molecular weight is 223 g/mol. The van der Waals surface area contributed by atoms with Gasteiger partial charge in [0.1, 0.15) is 0 Å². The Hall–Kier alpha value is -0.990. The Kier molecular flexibility index (Phi) is 2.72. The maximum atomic E-state index is 6.17. The second-order valence-corrected chi connectivity index (χ2v) is 4.35. The van der Waals surface area contributed by atoms with Crippen LogP contribution in [0, 0.1) is 0 Å². The second kappa shape index (κ2) is 3.87. The molecule has 15 heavy (non-hydrogen) atoms. The number of nitrogens with two attached hydrogens (primary N) is 1. The summed E-state index contributed by atoms with van der Waals surface area (Å²) in [5, 5.41) is 1.98. The summed E-state index contributed by atoms with van der Waals surface area (Å²) in [5.41, 5.74) is 8.02. The molecular formula is C12H15ClN2. The highest BCUT2D eigenvalue weighted by Crippen LogP contribution is 2.28. The minimum Gasteiger partial charge on any atom is -0.346 e. The van der Waals surface area contributed by atoms with Gasteiger partial charge in [-0.05, 0) is 12.1 Å². The Balaban J connectivity index is 2.70. The van der Waals surface area contributed by atoms with Gasteiger partial charge < -0.3 is 10.3 Å².